The third-order valence-electron chi connectivity index (χ3n) is 3.97. The Balaban J connectivity index is 0.000000213. The molecule has 0 bridgehead atoms. The van der Waals surface area contributed by atoms with Crippen LogP contribution in [0.5, 0.6) is 11.5 Å². The number of hydrogen-bond donors (Lipinski definition) is 4. The first kappa shape index (κ1) is 24.6. The summed E-state index contributed by atoms with van der Waals surface area (Å²) in [6.45, 7) is 0. The standard InChI is InChI=1S/2C9H7NO4S.Zn/c2*11-7-3-4-8(15(12,13)14)6-2-1-5-10-9(6)7;/h2*1-5,11H,(H,12,13,14);/q;;+2. The molecule has 0 amide bonds. The van der Waals surface area contributed by atoms with Gasteiger partial charge in [-0.05, 0) is 48.5 Å². The zero-order chi connectivity index (χ0) is 22.1. The van der Waals surface area contributed by atoms with Crippen molar-refractivity contribution in [2.75, 3.05) is 0 Å². The first-order valence-electron chi connectivity index (χ1n) is 8.08. The van der Waals surface area contributed by atoms with Crippen LogP contribution in [0, 0.1) is 0 Å². The molecule has 0 unspecified atom stereocenters. The predicted octanol–water partition coefficient (Wildman–Crippen LogP) is 2.37. The number of pyridine rings is 2. The Morgan fingerprint density at radius 3 is 1.29 bits per heavy atom. The Kier molecular flexibility index (Phi) is 7.30. The second-order valence-electron chi connectivity index (χ2n) is 5.91. The summed E-state index contributed by atoms with van der Waals surface area (Å²) < 4.78 is 61.9. The van der Waals surface area contributed by atoms with Crippen LogP contribution in [-0.2, 0) is 39.7 Å². The maximum Gasteiger partial charge on any atom is 2.00 e. The number of phenols is 2. The van der Waals surface area contributed by atoms with Crippen molar-refractivity contribution in [1.29, 1.82) is 0 Å². The van der Waals surface area contributed by atoms with Gasteiger partial charge >= 0.3 is 19.5 Å². The molecule has 0 fully saturated rings. The first-order chi connectivity index (χ1) is 14.0. The van der Waals surface area contributed by atoms with E-state index in [4.69, 9.17) is 9.11 Å². The Morgan fingerprint density at radius 1 is 0.613 bits per heavy atom. The third-order valence-corrected chi connectivity index (χ3v) is 5.80. The van der Waals surface area contributed by atoms with Crippen molar-refractivity contribution >= 4 is 42.0 Å². The molecular formula is C18H14N2O8S2Zn+2. The van der Waals surface area contributed by atoms with Gasteiger partial charge in [0.25, 0.3) is 20.2 Å². The molecule has 4 N–H and O–H groups in total. The minimum Gasteiger partial charge on any atom is -0.506 e. The molecule has 0 aliphatic heterocycles. The van der Waals surface area contributed by atoms with E-state index in [-0.39, 0.29) is 62.6 Å². The first-order valence-corrected chi connectivity index (χ1v) is 11.0. The molecule has 0 aliphatic rings. The molecule has 2 aromatic heterocycles. The van der Waals surface area contributed by atoms with Gasteiger partial charge in [-0.15, -0.1) is 0 Å². The second-order valence-corrected chi connectivity index (χ2v) is 8.69. The van der Waals surface area contributed by atoms with Crippen molar-refractivity contribution in [2.45, 2.75) is 9.79 Å². The maximum atomic E-state index is 11.0. The van der Waals surface area contributed by atoms with Crippen LogP contribution < -0.4 is 0 Å². The van der Waals surface area contributed by atoms with Crippen molar-refractivity contribution in [3.8, 4) is 11.5 Å². The van der Waals surface area contributed by atoms with Crippen LogP contribution in [0.3, 0.4) is 0 Å². The summed E-state index contributed by atoms with van der Waals surface area (Å²) in [6.07, 6.45) is 2.85. The minimum atomic E-state index is -4.30. The second kappa shape index (κ2) is 9.20. The number of rotatable bonds is 2. The quantitative estimate of drug-likeness (QED) is 0.229. The van der Waals surface area contributed by atoms with E-state index in [1.165, 1.54) is 48.8 Å². The van der Waals surface area contributed by atoms with Crippen LogP contribution in [0.1, 0.15) is 0 Å². The largest absolute Gasteiger partial charge is 2.00 e. The van der Waals surface area contributed by atoms with Gasteiger partial charge in [0.1, 0.15) is 32.3 Å². The molecule has 0 aliphatic carbocycles. The van der Waals surface area contributed by atoms with Crippen molar-refractivity contribution in [3.63, 3.8) is 0 Å². The Labute approximate surface area is 189 Å². The van der Waals surface area contributed by atoms with Gasteiger partial charge in [-0.3, -0.25) is 19.1 Å². The van der Waals surface area contributed by atoms with Gasteiger partial charge in [0.2, 0.25) is 0 Å². The number of fused-ring (bicyclic) bond motifs is 2. The maximum absolute atomic E-state index is 11.0. The molecule has 2 aromatic carbocycles. The Morgan fingerprint density at radius 2 is 0.968 bits per heavy atom. The number of aromatic nitrogens is 2. The summed E-state index contributed by atoms with van der Waals surface area (Å²) in [7, 11) is -8.59. The molecule has 0 spiro atoms. The average molecular weight is 516 g/mol. The van der Waals surface area contributed by atoms with E-state index in [0.717, 1.165) is 12.1 Å². The molecule has 156 valence electrons. The van der Waals surface area contributed by atoms with Gasteiger partial charge in [-0.1, -0.05) is 0 Å². The summed E-state index contributed by atoms with van der Waals surface area (Å²) in [5.74, 6) is -0.254. The van der Waals surface area contributed by atoms with Crippen molar-refractivity contribution < 1.29 is 55.6 Å². The van der Waals surface area contributed by atoms with Gasteiger partial charge in [0.05, 0.1) is 0 Å². The summed E-state index contributed by atoms with van der Waals surface area (Å²) in [4.78, 5) is 7.14. The minimum absolute atomic E-state index is 0. The van der Waals surface area contributed by atoms with E-state index in [1.807, 2.05) is 0 Å². The molecule has 31 heavy (non-hydrogen) atoms. The molecule has 4 aromatic rings. The van der Waals surface area contributed by atoms with Gasteiger partial charge in [-0.25, -0.2) is 0 Å². The summed E-state index contributed by atoms with van der Waals surface area (Å²) >= 11 is 0. The smallest absolute Gasteiger partial charge is 0.506 e. The van der Waals surface area contributed by atoms with E-state index in [1.54, 1.807) is 0 Å². The number of nitrogens with zero attached hydrogens (tertiary/aromatic N) is 2. The molecular weight excluding hydrogens is 502 g/mol. The predicted molar refractivity (Wildman–Crippen MR) is 106 cm³/mol. The fourth-order valence-corrected chi connectivity index (χ4v) is 4.08. The number of aromatic hydroxyl groups is 2. The number of phenolic OH excluding ortho intramolecular Hbond substituents is 2. The zero-order valence-electron chi connectivity index (χ0n) is 15.6. The van der Waals surface area contributed by atoms with E-state index >= 15 is 0 Å². The van der Waals surface area contributed by atoms with Crippen LogP contribution in [0.25, 0.3) is 21.8 Å². The zero-order valence-corrected chi connectivity index (χ0v) is 20.2. The molecule has 0 atom stereocenters. The van der Waals surface area contributed by atoms with Crippen molar-refractivity contribution in [1.82, 2.24) is 9.97 Å². The fraction of sp³-hybridized carbons (Fsp3) is 0. The monoisotopic (exact) mass is 514 g/mol. The van der Waals surface area contributed by atoms with Crippen molar-refractivity contribution in [2.24, 2.45) is 0 Å². The van der Waals surface area contributed by atoms with Gasteiger partial charge in [-0.2, -0.15) is 16.8 Å². The van der Waals surface area contributed by atoms with Gasteiger partial charge in [0, 0.05) is 23.2 Å². The van der Waals surface area contributed by atoms with Crippen LogP contribution >= 0.6 is 0 Å². The average Bonchev–Trinajstić information content (AvgIpc) is 2.67. The fourth-order valence-electron chi connectivity index (χ4n) is 2.71. The van der Waals surface area contributed by atoms with Gasteiger partial charge in [0.15, 0.2) is 0 Å². The number of benzene rings is 2. The normalized spacial score (nSPS) is 11.4. The Hall–Kier alpha value is -2.70. The summed E-state index contributed by atoms with van der Waals surface area (Å²) in [6, 6.07) is 10.6. The van der Waals surface area contributed by atoms with E-state index in [9.17, 15) is 27.0 Å². The van der Waals surface area contributed by atoms with Crippen LogP contribution in [0.2, 0.25) is 0 Å². The topological polar surface area (TPSA) is 175 Å². The summed E-state index contributed by atoms with van der Waals surface area (Å²) in [5.41, 5.74) is 0.292. The molecule has 0 saturated heterocycles. The SMILES string of the molecule is O=S(=O)(O)c1ccc(O)c2ncccc12.O=S(=O)(O)c1ccc(O)c2ncccc12.[Zn+2]. The third kappa shape index (κ3) is 5.32. The van der Waals surface area contributed by atoms with Crippen molar-refractivity contribution in [3.05, 3.63) is 60.9 Å². The molecule has 2 heterocycles. The van der Waals surface area contributed by atoms with Crippen LogP contribution in [-0.4, -0.2) is 46.1 Å². The van der Waals surface area contributed by atoms with Crippen LogP contribution in [0.4, 0.5) is 0 Å². The van der Waals surface area contributed by atoms with Gasteiger partial charge < -0.3 is 10.2 Å². The van der Waals surface area contributed by atoms with Crippen LogP contribution in [0.15, 0.2) is 70.7 Å². The molecule has 10 nitrogen and oxygen atoms in total. The Bertz CT molecular complexity index is 1360. The molecule has 4 rings (SSSR count). The molecule has 13 heteroatoms. The van der Waals surface area contributed by atoms with E-state index in [0.29, 0.717) is 0 Å². The number of hydrogen-bond acceptors (Lipinski definition) is 8. The molecule has 0 radical (unpaired) electrons. The molecule has 0 saturated carbocycles. The van der Waals surface area contributed by atoms with E-state index in [2.05, 4.69) is 9.97 Å². The van der Waals surface area contributed by atoms with E-state index < -0.39 is 20.2 Å². The summed E-state index contributed by atoms with van der Waals surface area (Å²) in [5, 5.41) is 19.2.